The first-order valence-electron chi connectivity index (χ1n) is 9.55. The molecule has 0 unspecified atom stereocenters. The van der Waals surface area contributed by atoms with E-state index in [1.807, 2.05) is 0 Å². The third kappa shape index (κ3) is 1.44. The molecule has 0 heteroatoms. The SMILES string of the molecule is C1=c2cccc3c2=c2c(cccc2=C3)C12c1ccccc1-c1ccccc12. The van der Waals surface area contributed by atoms with Crippen LogP contribution in [-0.4, -0.2) is 0 Å². The number of rotatable bonds is 0. The second-order valence-electron chi connectivity index (χ2n) is 7.77. The van der Waals surface area contributed by atoms with Crippen LogP contribution in [0.1, 0.15) is 22.3 Å². The van der Waals surface area contributed by atoms with Gasteiger partial charge in [0.25, 0.3) is 0 Å². The molecule has 4 aromatic carbocycles. The molecule has 4 aromatic rings. The molecule has 0 aliphatic heterocycles. The van der Waals surface area contributed by atoms with Crippen molar-refractivity contribution in [3.63, 3.8) is 0 Å². The summed E-state index contributed by atoms with van der Waals surface area (Å²) in [6, 6.07) is 31.4. The van der Waals surface area contributed by atoms with E-state index in [2.05, 4.69) is 97.1 Å². The second kappa shape index (κ2) is 4.47. The fraction of sp³-hybridized carbons (Fsp3) is 0.0370. The van der Waals surface area contributed by atoms with Gasteiger partial charge < -0.3 is 0 Å². The minimum Gasteiger partial charge on any atom is -0.0619 e. The monoisotopic (exact) mass is 340 g/mol. The molecule has 124 valence electrons. The van der Waals surface area contributed by atoms with Gasteiger partial charge in [-0.05, 0) is 60.3 Å². The van der Waals surface area contributed by atoms with Crippen molar-refractivity contribution in [3.05, 3.63) is 128 Å². The molecule has 0 nitrogen and oxygen atoms in total. The van der Waals surface area contributed by atoms with E-state index in [9.17, 15) is 0 Å². The van der Waals surface area contributed by atoms with Gasteiger partial charge in [0.15, 0.2) is 0 Å². The lowest BCUT2D eigenvalue weighted by molar-refractivity contribution is 0.832. The third-order valence-corrected chi connectivity index (χ3v) is 6.58. The van der Waals surface area contributed by atoms with Crippen molar-refractivity contribution in [2.75, 3.05) is 0 Å². The summed E-state index contributed by atoms with van der Waals surface area (Å²) in [5.74, 6) is 0. The van der Waals surface area contributed by atoms with Crippen molar-refractivity contribution in [2.45, 2.75) is 5.41 Å². The van der Waals surface area contributed by atoms with Crippen molar-refractivity contribution in [3.8, 4) is 11.1 Å². The average Bonchev–Trinajstić information content (AvgIpc) is 3.24. The van der Waals surface area contributed by atoms with Crippen molar-refractivity contribution in [1.29, 1.82) is 0 Å². The van der Waals surface area contributed by atoms with E-state index >= 15 is 0 Å². The van der Waals surface area contributed by atoms with E-state index in [4.69, 9.17) is 0 Å². The predicted octanol–water partition coefficient (Wildman–Crippen LogP) is 4.22. The summed E-state index contributed by atoms with van der Waals surface area (Å²) < 4.78 is 0. The molecule has 0 saturated heterocycles. The summed E-state index contributed by atoms with van der Waals surface area (Å²) in [6.45, 7) is 0. The van der Waals surface area contributed by atoms with Gasteiger partial charge in [0.05, 0.1) is 5.41 Å². The summed E-state index contributed by atoms with van der Waals surface area (Å²) in [4.78, 5) is 0. The van der Waals surface area contributed by atoms with Gasteiger partial charge in [-0.2, -0.15) is 0 Å². The first kappa shape index (κ1) is 13.8. The number of fused-ring (bicyclic) bond motifs is 6. The van der Waals surface area contributed by atoms with Crippen LogP contribution in [0.25, 0.3) is 23.3 Å². The van der Waals surface area contributed by atoms with Crippen LogP contribution in [0.5, 0.6) is 0 Å². The zero-order valence-corrected chi connectivity index (χ0v) is 14.7. The first-order chi connectivity index (χ1) is 13.4. The van der Waals surface area contributed by atoms with E-state index < -0.39 is 0 Å². The van der Waals surface area contributed by atoms with Crippen LogP contribution in [-0.2, 0) is 5.41 Å². The van der Waals surface area contributed by atoms with Crippen LogP contribution in [0, 0.1) is 10.4 Å². The zero-order chi connectivity index (χ0) is 17.6. The van der Waals surface area contributed by atoms with E-state index in [1.165, 1.54) is 54.3 Å². The Balaban J connectivity index is 1.81. The molecule has 0 N–H and O–H groups in total. The maximum atomic E-state index is 2.52. The molecule has 0 radical (unpaired) electrons. The molecule has 1 spiro atoms. The van der Waals surface area contributed by atoms with Gasteiger partial charge in [0.2, 0.25) is 0 Å². The standard InChI is InChI=1S/C27H16/c1-3-12-22-20(10-1)21-11-2-4-13-23(21)27(22)16-19-9-5-7-17-15-18-8-6-14-24(27)26(18)25(17)19/h1-16H. The fourth-order valence-corrected chi connectivity index (χ4v) is 5.61. The highest BCUT2D eigenvalue weighted by Crippen LogP contribution is 2.54. The predicted molar refractivity (Wildman–Crippen MR) is 110 cm³/mol. The Labute approximate surface area is 157 Å². The van der Waals surface area contributed by atoms with Gasteiger partial charge in [-0.15, -0.1) is 0 Å². The van der Waals surface area contributed by atoms with Crippen LogP contribution in [0.15, 0.2) is 84.9 Å². The second-order valence-corrected chi connectivity index (χ2v) is 7.77. The molecule has 0 heterocycles. The Bertz CT molecular complexity index is 1470. The number of hydrogen-bond donors (Lipinski definition) is 0. The highest BCUT2D eigenvalue weighted by molar-refractivity contribution is 5.89. The maximum absolute atomic E-state index is 2.52. The molecule has 0 fully saturated rings. The van der Waals surface area contributed by atoms with E-state index in [0.29, 0.717) is 0 Å². The third-order valence-electron chi connectivity index (χ3n) is 6.58. The van der Waals surface area contributed by atoms with Crippen LogP contribution < -0.4 is 10.4 Å². The summed E-state index contributed by atoms with van der Waals surface area (Å²) in [6.07, 6.45) is 4.86. The minimum absolute atomic E-state index is 0.206. The molecule has 0 aromatic heterocycles. The number of hydrogen-bond acceptors (Lipinski definition) is 0. The molecular weight excluding hydrogens is 324 g/mol. The average molecular weight is 340 g/mol. The summed E-state index contributed by atoms with van der Waals surface area (Å²) in [5.41, 5.74) is 8.10. The van der Waals surface area contributed by atoms with Crippen molar-refractivity contribution in [1.82, 2.24) is 0 Å². The van der Waals surface area contributed by atoms with Crippen LogP contribution >= 0.6 is 0 Å². The smallest absolute Gasteiger partial charge is 0.0619 e. The summed E-state index contributed by atoms with van der Waals surface area (Å²) in [5, 5.41) is 5.55. The molecule has 0 bridgehead atoms. The Morgan fingerprint density at radius 1 is 0.481 bits per heavy atom. The molecular formula is C27H16. The van der Waals surface area contributed by atoms with Crippen LogP contribution in [0.4, 0.5) is 0 Å². The Hall–Kier alpha value is -3.38. The first-order valence-corrected chi connectivity index (χ1v) is 9.55. The van der Waals surface area contributed by atoms with Crippen molar-refractivity contribution in [2.24, 2.45) is 0 Å². The van der Waals surface area contributed by atoms with Crippen molar-refractivity contribution >= 4 is 12.2 Å². The lowest BCUT2D eigenvalue weighted by Gasteiger charge is -2.32. The quantitative estimate of drug-likeness (QED) is 0.396. The lowest BCUT2D eigenvalue weighted by Crippen LogP contribution is -2.32. The van der Waals surface area contributed by atoms with E-state index in [-0.39, 0.29) is 5.41 Å². The van der Waals surface area contributed by atoms with E-state index in [1.54, 1.807) is 0 Å². The highest BCUT2D eigenvalue weighted by Gasteiger charge is 2.44. The Kier molecular flexibility index (Phi) is 2.28. The maximum Gasteiger partial charge on any atom is 0.0659 e. The van der Waals surface area contributed by atoms with E-state index in [0.717, 1.165) is 0 Å². The molecule has 0 saturated carbocycles. The molecule has 0 amide bonds. The Morgan fingerprint density at radius 2 is 1.11 bits per heavy atom. The minimum atomic E-state index is -0.206. The van der Waals surface area contributed by atoms with Gasteiger partial charge >= 0.3 is 0 Å². The topological polar surface area (TPSA) is 0 Å². The lowest BCUT2D eigenvalue weighted by atomic mass is 9.69. The largest absolute Gasteiger partial charge is 0.0659 e. The fourth-order valence-electron chi connectivity index (χ4n) is 5.61. The molecule has 3 aliphatic carbocycles. The van der Waals surface area contributed by atoms with Gasteiger partial charge in [-0.25, -0.2) is 0 Å². The van der Waals surface area contributed by atoms with Crippen molar-refractivity contribution < 1.29 is 0 Å². The van der Waals surface area contributed by atoms with Gasteiger partial charge in [0.1, 0.15) is 0 Å². The van der Waals surface area contributed by atoms with Crippen LogP contribution in [0.3, 0.4) is 0 Å². The summed E-state index contributed by atoms with van der Waals surface area (Å²) in [7, 11) is 0. The summed E-state index contributed by atoms with van der Waals surface area (Å²) >= 11 is 0. The van der Waals surface area contributed by atoms with Gasteiger partial charge in [0, 0.05) is 0 Å². The molecule has 0 atom stereocenters. The highest BCUT2D eigenvalue weighted by atomic mass is 14.5. The molecule has 3 aliphatic rings. The number of benzene rings is 4. The zero-order valence-electron chi connectivity index (χ0n) is 14.7. The Morgan fingerprint density at radius 3 is 1.89 bits per heavy atom. The normalized spacial score (nSPS) is 15.6. The van der Waals surface area contributed by atoms with Crippen LogP contribution in [0.2, 0.25) is 0 Å². The molecule has 7 rings (SSSR count). The molecule has 27 heavy (non-hydrogen) atoms. The van der Waals surface area contributed by atoms with Gasteiger partial charge in [-0.3, -0.25) is 0 Å². The van der Waals surface area contributed by atoms with Gasteiger partial charge in [-0.1, -0.05) is 91.0 Å².